The molecule has 0 bridgehead atoms. The first-order valence-corrected chi connectivity index (χ1v) is 4.11. The van der Waals surface area contributed by atoms with Crippen molar-refractivity contribution in [3.05, 3.63) is 11.1 Å². The van der Waals surface area contributed by atoms with Gasteiger partial charge in [-0.05, 0) is 31.9 Å². The molecule has 0 saturated carbocycles. The average molecular weight is 174 g/mol. The lowest BCUT2D eigenvalue weighted by atomic mass is 10.2. The topological polar surface area (TPSA) is 30.7 Å². The third-order valence-electron chi connectivity index (χ3n) is 1.86. The summed E-state index contributed by atoms with van der Waals surface area (Å²) < 4.78 is 1.93. The van der Waals surface area contributed by atoms with E-state index >= 15 is 0 Å². The van der Waals surface area contributed by atoms with E-state index in [2.05, 4.69) is 24.0 Å². The number of halogens is 1. The molecule has 0 spiro atoms. The SMILES string of the molecule is CCC(C)n1c(C)nnc1Cl. The average Bonchev–Trinajstić information content (AvgIpc) is 2.30. The van der Waals surface area contributed by atoms with Gasteiger partial charge in [0.05, 0.1) is 0 Å². The van der Waals surface area contributed by atoms with E-state index in [1.165, 1.54) is 0 Å². The fourth-order valence-electron chi connectivity index (χ4n) is 1.03. The second-order valence-electron chi connectivity index (χ2n) is 2.64. The van der Waals surface area contributed by atoms with E-state index in [0.29, 0.717) is 11.3 Å². The molecule has 0 saturated heterocycles. The van der Waals surface area contributed by atoms with E-state index < -0.39 is 0 Å². The predicted octanol–water partition coefficient (Wildman–Crippen LogP) is 2.21. The van der Waals surface area contributed by atoms with Crippen LogP contribution in [-0.2, 0) is 0 Å². The van der Waals surface area contributed by atoms with Crippen LogP contribution in [0.3, 0.4) is 0 Å². The first kappa shape index (κ1) is 8.53. The molecule has 1 rings (SSSR count). The van der Waals surface area contributed by atoms with E-state index in [1.54, 1.807) is 0 Å². The van der Waals surface area contributed by atoms with E-state index in [9.17, 15) is 0 Å². The summed E-state index contributed by atoms with van der Waals surface area (Å²) in [5, 5.41) is 8.11. The molecular weight excluding hydrogens is 162 g/mol. The van der Waals surface area contributed by atoms with Gasteiger partial charge in [-0.25, -0.2) is 0 Å². The third-order valence-corrected chi connectivity index (χ3v) is 2.11. The minimum atomic E-state index is 0.387. The van der Waals surface area contributed by atoms with Gasteiger partial charge in [0.2, 0.25) is 5.28 Å². The fraction of sp³-hybridized carbons (Fsp3) is 0.714. The molecule has 0 fully saturated rings. The fourth-order valence-corrected chi connectivity index (χ4v) is 1.35. The van der Waals surface area contributed by atoms with Gasteiger partial charge in [0.15, 0.2) is 0 Å². The van der Waals surface area contributed by atoms with Gasteiger partial charge in [-0.15, -0.1) is 10.2 Å². The van der Waals surface area contributed by atoms with Crippen LogP contribution in [-0.4, -0.2) is 14.8 Å². The van der Waals surface area contributed by atoms with Crippen molar-refractivity contribution < 1.29 is 0 Å². The minimum absolute atomic E-state index is 0.387. The van der Waals surface area contributed by atoms with Gasteiger partial charge in [-0.2, -0.15) is 0 Å². The molecular formula is C7H12ClN3. The first-order chi connectivity index (χ1) is 5.16. The molecule has 1 aromatic heterocycles. The number of hydrogen-bond acceptors (Lipinski definition) is 2. The first-order valence-electron chi connectivity index (χ1n) is 3.73. The largest absolute Gasteiger partial charge is 0.299 e. The summed E-state index contributed by atoms with van der Waals surface area (Å²) >= 11 is 5.81. The summed E-state index contributed by atoms with van der Waals surface area (Å²) in [4.78, 5) is 0. The van der Waals surface area contributed by atoms with Crippen LogP contribution in [0.2, 0.25) is 5.28 Å². The Labute approximate surface area is 71.4 Å². The molecule has 0 N–H and O–H groups in total. The van der Waals surface area contributed by atoms with Gasteiger partial charge < -0.3 is 0 Å². The van der Waals surface area contributed by atoms with Gasteiger partial charge in [-0.3, -0.25) is 4.57 Å². The summed E-state index contributed by atoms with van der Waals surface area (Å²) in [6.07, 6.45) is 1.04. The summed E-state index contributed by atoms with van der Waals surface area (Å²) in [6.45, 7) is 6.12. The maximum atomic E-state index is 5.81. The maximum absolute atomic E-state index is 5.81. The zero-order valence-electron chi connectivity index (χ0n) is 7.00. The van der Waals surface area contributed by atoms with Crippen LogP contribution in [0.1, 0.15) is 32.1 Å². The van der Waals surface area contributed by atoms with E-state index in [1.807, 2.05) is 11.5 Å². The van der Waals surface area contributed by atoms with Gasteiger partial charge in [0.25, 0.3) is 0 Å². The van der Waals surface area contributed by atoms with Crippen LogP contribution in [0.25, 0.3) is 0 Å². The smallest absolute Gasteiger partial charge is 0.225 e. The molecule has 1 aromatic rings. The lowest BCUT2D eigenvalue weighted by Gasteiger charge is -2.11. The van der Waals surface area contributed by atoms with Crippen LogP contribution in [0.15, 0.2) is 0 Å². The van der Waals surface area contributed by atoms with Crippen molar-refractivity contribution in [2.24, 2.45) is 0 Å². The predicted molar refractivity (Wildman–Crippen MR) is 44.8 cm³/mol. The molecule has 0 aliphatic carbocycles. The van der Waals surface area contributed by atoms with E-state index in [0.717, 1.165) is 12.2 Å². The summed E-state index contributed by atoms with van der Waals surface area (Å²) in [5.41, 5.74) is 0. The normalized spacial score (nSPS) is 13.5. The van der Waals surface area contributed by atoms with E-state index in [4.69, 9.17) is 11.6 Å². The highest BCUT2D eigenvalue weighted by molar-refractivity contribution is 6.28. The molecule has 0 aromatic carbocycles. The number of rotatable bonds is 2. The Morgan fingerprint density at radius 3 is 2.55 bits per heavy atom. The molecule has 1 heterocycles. The van der Waals surface area contributed by atoms with Crippen LogP contribution in [0, 0.1) is 6.92 Å². The van der Waals surface area contributed by atoms with Crippen molar-refractivity contribution >= 4 is 11.6 Å². The molecule has 0 aliphatic heterocycles. The second-order valence-corrected chi connectivity index (χ2v) is 2.98. The van der Waals surface area contributed by atoms with Crippen molar-refractivity contribution in [1.82, 2.24) is 14.8 Å². The lowest BCUT2D eigenvalue weighted by molar-refractivity contribution is 0.518. The molecule has 0 radical (unpaired) electrons. The van der Waals surface area contributed by atoms with Crippen molar-refractivity contribution in [2.75, 3.05) is 0 Å². The number of hydrogen-bond donors (Lipinski definition) is 0. The molecule has 1 unspecified atom stereocenters. The zero-order valence-corrected chi connectivity index (χ0v) is 7.76. The molecule has 4 heteroatoms. The van der Waals surface area contributed by atoms with Gasteiger partial charge in [-0.1, -0.05) is 6.92 Å². The third kappa shape index (κ3) is 1.53. The summed E-state index contributed by atoms with van der Waals surface area (Å²) in [5.74, 6) is 0.879. The van der Waals surface area contributed by atoms with E-state index in [-0.39, 0.29) is 0 Å². The van der Waals surface area contributed by atoms with Gasteiger partial charge in [0, 0.05) is 6.04 Å². The van der Waals surface area contributed by atoms with Crippen LogP contribution >= 0.6 is 11.6 Å². The summed E-state index contributed by atoms with van der Waals surface area (Å²) in [6, 6.07) is 0.387. The lowest BCUT2D eigenvalue weighted by Crippen LogP contribution is -2.05. The Hall–Kier alpha value is -0.570. The molecule has 1 atom stereocenters. The Kier molecular flexibility index (Phi) is 2.49. The number of aryl methyl sites for hydroxylation is 1. The Balaban J connectivity index is 3.00. The van der Waals surface area contributed by atoms with Crippen molar-refractivity contribution in [3.63, 3.8) is 0 Å². The Morgan fingerprint density at radius 1 is 1.55 bits per heavy atom. The quantitative estimate of drug-likeness (QED) is 0.687. The minimum Gasteiger partial charge on any atom is -0.299 e. The molecule has 0 amide bonds. The van der Waals surface area contributed by atoms with Crippen LogP contribution < -0.4 is 0 Å². The molecule has 0 aliphatic rings. The number of aromatic nitrogens is 3. The van der Waals surface area contributed by atoms with Crippen molar-refractivity contribution in [1.29, 1.82) is 0 Å². The Bertz CT molecular complexity index is 224. The summed E-state index contributed by atoms with van der Waals surface area (Å²) in [7, 11) is 0. The Morgan fingerprint density at radius 2 is 2.18 bits per heavy atom. The maximum Gasteiger partial charge on any atom is 0.225 e. The molecule has 3 nitrogen and oxygen atoms in total. The molecule has 62 valence electrons. The standard InChI is InChI=1S/C7H12ClN3/c1-4-5(2)11-6(3)9-10-7(11)8/h5H,4H2,1-3H3. The monoisotopic (exact) mass is 173 g/mol. The van der Waals surface area contributed by atoms with Crippen molar-refractivity contribution in [2.45, 2.75) is 33.2 Å². The van der Waals surface area contributed by atoms with Crippen molar-refractivity contribution in [3.8, 4) is 0 Å². The van der Waals surface area contributed by atoms with Crippen LogP contribution in [0.4, 0.5) is 0 Å². The van der Waals surface area contributed by atoms with Crippen LogP contribution in [0.5, 0.6) is 0 Å². The highest BCUT2D eigenvalue weighted by atomic mass is 35.5. The van der Waals surface area contributed by atoms with Gasteiger partial charge >= 0.3 is 0 Å². The number of nitrogens with zero attached hydrogens (tertiary/aromatic N) is 3. The second kappa shape index (κ2) is 3.22. The van der Waals surface area contributed by atoms with Gasteiger partial charge in [0.1, 0.15) is 5.82 Å². The zero-order chi connectivity index (χ0) is 8.43. The highest BCUT2D eigenvalue weighted by Crippen LogP contribution is 2.17. The highest BCUT2D eigenvalue weighted by Gasteiger charge is 2.10. The molecule has 11 heavy (non-hydrogen) atoms.